The molecule has 8 nitrogen and oxygen atoms in total. The number of aromatic nitrogens is 2. The first kappa shape index (κ1) is 17.4. The molecule has 0 aliphatic carbocycles. The van der Waals surface area contributed by atoms with Crippen molar-refractivity contribution >= 4 is 17.6 Å². The van der Waals surface area contributed by atoms with Gasteiger partial charge in [0.2, 0.25) is 5.88 Å². The van der Waals surface area contributed by atoms with Gasteiger partial charge in [-0.15, -0.1) is 0 Å². The Bertz CT molecular complexity index is 848. The predicted octanol–water partition coefficient (Wildman–Crippen LogP) is 3.17. The third kappa shape index (κ3) is 3.80. The highest BCUT2D eigenvalue weighted by molar-refractivity contribution is 5.89. The van der Waals surface area contributed by atoms with Crippen LogP contribution in [0.5, 0.6) is 11.6 Å². The van der Waals surface area contributed by atoms with Gasteiger partial charge in [0.05, 0.1) is 12.7 Å². The summed E-state index contributed by atoms with van der Waals surface area (Å²) in [6.07, 6.45) is 4.96. The number of hydrogen-bond donors (Lipinski definition) is 1. The summed E-state index contributed by atoms with van der Waals surface area (Å²) in [5.74, 6) is 0.320. The van der Waals surface area contributed by atoms with E-state index in [4.69, 9.17) is 4.74 Å². The van der Waals surface area contributed by atoms with E-state index in [1.165, 1.54) is 24.4 Å². The lowest BCUT2D eigenvalue weighted by Gasteiger charge is -2.22. The van der Waals surface area contributed by atoms with Crippen molar-refractivity contribution in [3.8, 4) is 11.6 Å². The van der Waals surface area contributed by atoms with E-state index in [1.54, 1.807) is 30.5 Å². The third-order valence-electron chi connectivity index (χ3n) is 3.86. The van der Waals surface area contributed by atoms with E-state index in [-0.39, 0.29) is 5.88 Å². The Morgan fingerprint density at radius 3 is 2.58 bits per heavy atom. The van der Waals surface area contributed by atoms with Gasteiger partial charge in [0.1, 0.15) is 11.4 Å². The molecular weight excluding hydrogens is 338 g/mol. The van der Waals surface area contributed by atoms with Crippen LogP contribution in [0.1, 0.15) is 28.9 Å². The molecule has 0 fully saturated rings. The molecule has 0 saturated heterocycles. The van der Waals surface area contributed by atoms with Crippen LogP contribution in [0.3, 0.4) is 0 Å². The smallest absolute Gasteiger partial charge is 0.411 e. The van der Waals surface area contributed by atoms with Crippen molar-refractivity contribution < 1.29 is 24.2 Å². The highest BCUT2D eigenvalue weighted by atomic mass is 16.5. The highest BCUT2D eigenvalue weighted by Gasteiger charge is 2.20. The monoisotopic (exact) mass is 355 g/mol. The van der Waals surface area contributed by atoms with Gasteiger partial charge in [-0.05, 0) is 42.7 Å². The molecule has 0 atom stereocenters. The second-order valence-electron chi connectivity index (χ2n) is 5.56. The number of nitrogens with zero attached hydrogens (tertiary/aromatic N) is 3. The standard InChI is InChI=1S/C18H17N3O5/c1-25-17(22)12-4-6-14(7-5-12)26-16-15(19-8-9-20-16)13-3-2-10-21(11-13)18(23)24/h4-9,11H,2-3,10H2,1H3,(H,23,24). The molecule has 2 aromatic rings. The molecule has 0 spiro atoms. The van der Waals surface area contributed by atoms with Gasteiger partial charge >= 0.3 is 12.1 Å². The summed E-state index contributed by atoms with van der Waals surface area (Å²) < 4.78 is 10.5. The molecule has 1 aromatic heterocycles. The minimum atomic E-state index is -1.01. The maximum absolute atomic E-state index is 11.5. The van der Waals surface area contributed by atoms with Crippen LogP contribution >= 0.6 is 0 Å². The summed E-state index contributed by atoms with van der Waals surface area (Å²) in [7, 11) is 1.32. The van der Waals surface area contributed by atoms with E-state index in [0.717, 1.165) is 5.57 Å². The summed E-state index contributed by atoms with van der Waals surface area (Å²) in [4.78, 5) is 32.4. The van der Waals surface area contributed by atoms with Gasteiger partial charge in [-0.2, -0.15) is 0 Å². The lowest BCUT2D eigenvalue weighted by Crippen LogP contribution is -2.28. The number of hydrogen-bond acceptors (Lipinski definition) is 6. The van der Waals surface area contributed by atoms with Crippen LogP contribution in [0.2, 0.25) is 0 Å². The van der Waals surface area contributed by atoms with Crippen LogP contribution in [0.25, 0.3) is 5.57 Å². The molecule has 1 N–H and O–H groups in total. The topological polar surface area (TPSA) is 102 Å². The summed E-state index contributed by atoms with van der Waals surface area (Å²) in [5.41, 5.74) is 1.65. The molecule has 3 rings (SSSR count). The minimum Gasteiger partial charge on any atom is -0.465 e. The number of allylic oxidation sites excluding steroid dienone is 1. The van der Waals surface area contributed by atoms with E-state index < -0.39 is 12.1 Å². The van der Waals surface area contributed by atoms with E-state index >= 15 is 0 Å². The number of esters is 1. The van der Waals surface area contributed by atoms with E-state index in [1.807, 2.05) is 0 Å². The van der Waals surface area contributed by atoms with E-state index in [9.17, 15) is 14.7 Å². The average Bonchev–Trinajstić information content (AvgIpc) is 2.68. The van der Waals surface area contributed by atoms with Crippen molar-refractivity contribution in [1.82, 2.24) is 14.9 Å². The number of benzene rings is 1. The largest absolute Gasteiger partial charge is 0.465 e. The van der Waals surface area contributed by atoms with Crippen LogP contribution in [-0.2, 0) is 4.74 Å². The van der Waals surface area contributed by atoms with Crippen LogP contribution in [0.15, 0.2) is 42.9 Å². The van der Waals surface area contributed by atoms with Gasteiger partial charge in [0, 0.05) is 25.1 Å². The lowest BCUT2D eigenvalue weighted by atomic mass is 10.0. The maximum atomic E-state index is 11.5. The summed E-state index contributed by atoms with van der Waals surface area (Å²) in [5, 5.41) is 9.17. The van der Waals surface area contributed by atoms with Crippen molar-refractivity contribution in [2.75, 3.05) is 13.7 Å². The number of ether oxygens (including phenoxy) is 2. The molecule has 0 unspecified atom stereocenters. The van der Waals surface area contributed by atoms with Gasteiger partial charge in [-0.1, -0.05) is 0 Å². The van der Waals surface area contributed by atoms with Gasteiger partial charge < -0.3 is 14.6 Å². The number of carbonyl (C=O) groups is 2. The molecule has 26 heavy (non-hydrogen) atoms. The van der Waals surface area contributed by atoms with Crippen LogP contribution in [-0.4, -0.2) is 45.7 Å². The maximum Gasteiger partial charge on any atom is 0.411 e. The Morgan fingerprint density at radius 1 is 1.15 bits per heavy atom. The molecule has 1 aliphatic rings. The minimum absolute atomic E-state index is 0.275. The fourth-order valence-electron chi connectivity index (χ4n) is 2.60. The molecule has 0 saturated carbocycles. The second-order valence-corrected chi connectivity index (χ2v) is 5.56. The number of carboxylic acid groups (broad SMARTS) is 1. The van der Waals surface area contributed by atoms with Gasteiger partial charge in [-0.25, -0.2) is 19.6 Å². The Balaban J connectivity index is 1.86. The molecule has 1 amide bonds. The Kier molecular flexibility index (Phi) is 5.12. The van der Waals surface area contributed by atoms with Gasteiger partial charge in [0.25, 0.3) is 0 Å². The SMILES string of the molecule is COC(=O)c1ccc(Oc2nccnc2C2=CN(C(=O)O)CCC2)cc1. The van der Waals surface area contributed by atoms with E-state index in [2.05, 4.69) is 14.7 Å². The first-order valence-electron chi connectivity index (χ1n) is 7.96. The Hall–Kier alpha value is -3.42. The second kappa shape index (κ2) is 7.64. The highest BCUT2D eigenvalue weighted by Crippen LogP contribution is 2.31. The predicted molar refractivity (Wildman–Crippen MR) is 91.8 cm³/mol. The number of rotatable bonds is 4. The molecule has 8 heteroatoms. The zero-order chi connectivity index (χ0) is 18.5. The van der Waals surface area contributed by atoms with Crippen molar-refractivity contribution in [2.24, 2.45) is 0 Å². The molecule has 0 bridgehead atoms. The number of amides is 1. The Labute approximate surface area is 149 Å². The fraction of sp³-hybridized carbons (Fsp3) is 0.222. The normalized spacial score (nSPS) is 13.7. The zero-order valence-corrected chi connectivity index (χ0v) is 14.1. The van der Waals surface area contributed by atoms with Crippen molar-refractivity contribution in [3.05, 3.63) is 54.1 Å². The quantitative estimate of drug-likeness (QED) is 0.840. The molecular formula is C18H17N3O5. The number of methoxy groups -OCH3 is 1. The number of carbonyl (C=O) groups excluding carboxylic acids is 1. The van der Waals surface area contributed by atoms with Crippen LogP contribution in [0.4, 0.5) is 4.79 Å². The Morgan fingerprint density at radius 2 is 1.88 bits per heavy atom. The lowest BCUT2D eigenvalue weighted by molar-refractivity contribution is 0.0600. The van der Waals surface area contributed by atoms with Gasteiger partial charge in [-0.3, -0.25) is 4.90 Å². The van der Waals surface area contributed by atoms with Crippen LogP contribution in [0, 0.1) is 0 Å². The first-order chi connectivity index (χ1) is 12.6. The average molecular weight is 355 g/mol. The molecule has 1 aliphatic heterocycles. The van der Waals surface area contributed by atoms with Gasteiger partial charge in [0.15, 0.2) is 0 Å². The zero-order valence-electron chi connectivity index (χ0n) is 14.1. The first-order valence-corrected chi connectivity index (χ1v) is 7.96. The summed E-state index contributed by atoms with van der Waals surface area (Å²) in [6.45, 7) is 0.449. The van der Waals surface area contributed by atoms with Crippen LogP contribution < -0.4 is 4.74 Å². The van der Waals surface area contributed by atoms with Crippen molar-refractivity contribution in [2.45, 2.75) is 12.8 Å². The molecule has 2 heterocycles. The summed E-state index contributed by atoms with van der Waals surface area (Å²) in [6, 6.07) is 6.43. The summed E-state index contributed by atoms with van der Waals surface area (Å²) >= 11 is 0. The third-order valence-corrected chi connectivity index (χ3v) is 3.86. The molecule has 1 aromatic carbocycles. The molecule has 0 radical (unpaired) electrons. The fourth-order valence-corrected chi connectivity index (χ4v) is 2.60. The van der Waals surface area contributed by atoms with E-state index in [0.29, 0.717) is 36.4 Å². The van der Waals surface area contributed by atoms with Crippen molar-refractivity contribution in [1.29, 1.82) is 0 Å². The van der Waals surface area contributed by atoms with Crippen molar-refractivity contribution in [3.63, 3.8) is 0 Å². The molecule has 134 valence electrons.